The molecule has 1 heterocycles. The monoisotopic (exact) mass is 406 g/mol. The van der Waals surface area contributed by atoms with Crippen LogP contribution in [0.5, 0.6) is 0 Å². The fraction of sp³-hybridized carbons (Fsp3) is 0.111. The molecule has 10 heteroatoms. The van der Waals surface area contributed by atoms with Crippen molar-refractivity contribution in [2.45, 2.75) is 11.9 Å². The lowest BCUT2D eigenvalue weighted by Crippen LogP contribution is -2.17. The second-order valence-corrected chi connectivity index (χ2v) is 7.68. The molecule has 146 valence electrons. The van der Waals surface area contributed by atoms with Crippen LogP contribution in [-0.2, 0) is 17.1 Å². The van der Waals surface area contributed by atoms with Gasteiger partial charge in [-0.05, 0) is 55.0 Å². The number of halogens is 2. The maximum Gasteiger partial charge on any atom is 0.281 e. The second-order valence-electron chi connectivity index (χ2n) is 6.05. The molecule has 0 atom stereocenters. The van der Waals surface area contributed by atoms with Gasteiger partial charge in [0, 0.05) is 24.5 Å². The molecule has 0 aliphatic heterocycles. The highest BCUT2D eigenvalue weighted by atomic mass is 32.2. The lowest BCUT2D eigenvalue weighted by molar-refractivity contribution is 0.102. The van der Waals surface area contributed by atoms with Gasteiger partial charge in [-0.1, -0.05) is 0 Å². The van der Waals surface area contributed by atoms with Crippen LogP contribution in [0.2, 0.25) is 0 Å². The van der Waals surface area contributed by atoms with Crippen LogP contribution in [0, 0.1) is 18.6 Å². The SMILES string of the molecule is Cc1cc(NC(=O)c2ccc(F)c(NS(=O)(=O)c3ccn(C)n3)c2)ccc1F. The Hall–Kier alpha value is -3.27. The summed E-state index contributed by atoms with van der Waals surface area (Å²) in [5.41, 5.74) is 0.320. The molecule has 0 aliphatic carbocycles. The van der Waals surface area contributed by atoms with Crippen molar-refractivity contribution in [3.63, 3.8) is 0 Å². The number of aromatic nitrogens is 2. The molecule has 0 aliphatic rings. The van der Waals surface area contributed by atoms with Crippen molar-refractivity contribution in [2.24, 2.45) is 7.05 Å². The van der Waals surface area contributed by atoms with Crippen molar-refractivity contribution < 1.29 is 22.0 Å². The fourth-order valence-corrected chi connectivity index (χ4v) is 3.43. The van der Waals surface area contributed by atoms with Gasteiger partial charge in [-0.25, -0.2) is 8.78 Å². The standard InChI is InChI=1S/C18H16F2N4O3S/c1-11-9-13(4-6-14(11)19)21-18(25)12-3-5-15(20)16(10-12)23-28(26,27)17-7-8-24(2)22-17/h3-10,23H,1-2H3,(H,21,25). The van der Waals surface area contributed by atoms with Crippen LogP contribution in [-0.4, -0.2) is 24.1 Å². The van der Waals surface area contributed by atoms with Crippen LogP contribution < -0.4 is 10.0 Å². The molecule has 0 fully saturated rings. The van der Waals surface area contributed by atoms with Gasteiger partial charge in [-0.3, -0.25) is 14.2 Å². The summed E-state index contributed by atoms with van der Waals surface area (Å²) in [5.74, 6) is -1.87. The third-order valence-electron chi connectivity index (χ3n) is 3.85. The molecule has 28 heavy (non-hydrogen) atoms. The number of sulfonamides is 1. The van der Waals surface area contributed by atoms with Crippen LogP contribution in [0.25, 0.3) is 0 Å². The topological polar surface area (TPSA) is 93.1 Å². The molecule has 2 aromatic carbocycles. The lowest BCUT2D eigenvalue weighted by atomic mass is 10.1. The van der Waals surface area contributed by atoms with E-state index in [2.05, 4.69) is 15.1 Å². The van der Waals surface area contributed by atoms with Crippen LogP contribution in [0.4, 0.5) is 20.2 Å². The Morgan fingerprint density at radius 3 is 2.43 bits per heavy atom. The molecule has 0 bridgehead atoms. The zero-order chi connectivity index (χ0) is 20.5. The minimum atomic E-state index is -4.12. The molecule has 1 aromatic heterocycles. The van der Waals surface area contributed by atoms with Crippen LogP contribution in [0.15, 0.2) is 53.7 Å². The van der Waals surface area contributed by atoms with Gasteiger partial charge >= 0.3 is 0 Å². The number of hydrogen-bond acceptors (Lipinski definition) is 4. The molecule has 0 spiro atoms. The molecule has 1 amide bonds. The fourth-order valence-electron chi connectivity index (χ4n) is 2.40. The quantitative estimate of drug-likeness (QED) is 0.681. The van der Waals surface area contributed by atoms with Gasteiger partial charge in [0.2, 0.25) is 0 Å². The van der Waals surface area contributed by atoms with E-state index in [9.17, 15) is 22.0 Å². The van der Waals surface area contributed by atoms with Crippen molar-refractivity contribution in [3.05, 3.63) is 71.4 Å². The summed E-state index contributed by atoms with van der Waals surface area (Å²) < 4.78 is 55.4. The first kappa shape index (κ1) is 19.5. The second kappa shape index (κ2) is 7.39. The first-order valence-electron chi connectivity index (χ1n) is 8.05. The van der Waals surface area contributed by atoms with E-state index in [1.54, 1.807) is 14.0 Å². The van der Waals surface area contributed by atoms with Gasteiger partial charge < -0.3 is 5.32 Å². The smallest absolute Gasteiger partial charge is 0.281 e. The highest BCUT2D eigenvalue weighted by Crippen LogP contribution is 2.21. The number of hydrogen-bond donors (Lipinski definition) is 2. The number of rotatable bonds is 5. The maximum absolute atomic E-state index is 14.1. The number of aryl methyl sites for hydroxylation is 2. The Morgan fingerprint density at radius 2 is 1.79 bits per heavy atom. The number of benzene rings is 2. The summed E-state index contributed by atoms with van der Waals surface area (Å²) in [6.07, 6.45) is 1.43. The summed E-state index contributed by atoms with van der Waals surface area (Å²) in [7, 11) is -2.58. The predicted molar refractivity (Wildman–Crippen MR) is 99.5 cm³/mol. The third-order valence-corrected chi connectivity index (χ3v) is 5.11. The first-order chi connectivity index (χ1) is 13.2. The minimum Gasteiger partial charge on any atom is -0.322 e. The number of carbonyl (C=O) groups excluding carboxylic acids is 1. The Balaban J connectivity index is 1.84. The summed E-state index contributed by atoms with van der Waals surface area (Å²) in [4.78, 5) is 12.4. The van der Waals surface area contributed by atoms with Gasteiger partial charge in [0.25, 0.3) is 15.9 Å². The molecule has 0 saturated carbocycles. The van der Waals surface area contributed by atoms with Gasteiger partial charge in [0.15, 0.2) is 5.03 Å². The van der Waals surface area contributed by atoms with E-state index in [0.717, 1.165) is 12.1 Å². The summed E-state index contributed by atoms with van der Waals surface area (Å²) in [5, 5.41) is 6.03. The van der Waals surface area contributed by atoms with Gasteiger partial charge in [0.1, 0.15) is 11.6 Å². The van der Waals surface area contributed by atoms with E-state index >= 15 is 0 Å². The third kappa shape index (κ3) is 4.17. The number of carbonyl (C=O) groups is 1. The maximum atomic E-state index is 14.1. The minimum absolute atomic E-state index is 0.0158. The van der Waals surface area contributed by atoms with Crippen molar-refractivity contribution in [3.8, 4) is 0 Å². The Labute approximate surface area is 160 Å². The number of nitrogens with zero attached hydrogens (tertiary/aromatic N) is 2. The van der Waals surface area contributed by atoms with E-state index in [-0.39, 0.29) is 10.6 Å². The molecule has 0 saturated heterocycles. The van der Waals surface area contributed by atoms with E-state index in [0.29, 0.717) is 11.3 Å². The number of nitrogens with one attached hydrogen (secondary N) is 2. The number of anilines is 2. The van der Waals surface area contributed by atoms with Crippen molar-refractivity contribution in [2.75, 3.05) is 10.0 Å². The summed E-state index contributed by atoms with van der Waals surface area (Å²) >= 11 is 0. The van der Waals surface area contributed by atoms with Crippen LogP contribution in [0.1, 0.15) is 15.9 Å². The normalized spacial score (nSPS) is 11.3. The molecular weight excluding hydrogens is 390 g/mol. The largest absolute Gasteiger partial charge is 0.322 e. The van der Waals surface area contributed by atoms with Gasteiger partial charge in [-0.15, -0.1) is 0 Å². The van der Waals surface area contributed by atoms with E-state index in [4.69, 9.17) is 0 Å². The van der Waals surface area contributed by atoms with Crippen LogP contribution >= 0.6 is 0 Å². The molecule has 0 radical (unpaired) electrons. The van der Waals surface area contributed by atoms with Crippen LogP contribution in [0.3, 0.4) is 0 Å². The first-order valence-corrected chi connectivity index (χ1v) is 9.53. The average molecular weight is 406 g/mol. The Morgan fingerprint density at radius 1 is 1.07 bits per heavy atom. The molecule has 3 aromatic rings. The highest BCUT2D eigenvalue weighted by molar-refractivity contribution is 7.92. The van der Waals surface area contributed by atoms with Crippen molar-refractivity contribution in [1.29, 1.82) is 0 Å². The Kier molecular flexibility index (Phi) is 5.14. The average Bonchev–Trinajstić information content (AvgIpc) is 3.07. The summed E-state index contributed by atoms with van der Waals surface area (Å²) in [6.45, 7) is 1.55. The lowest BCUT2D eigenvalue weighted by Gasteiger charge is -2.10. The predicted octanol–water partition coefficient (Wildman–Crippen LogP) is 3.06. The van der Waals surface area contributed by atoms with E-state index in [1.165, 1.54) is 41.2 Å². The molecule has 2 N–H and O–H groups in total. The highest BCUT2D eigenvalue weighted by Gasteiger charge is 2.20. The molecule has 3 rings (SSSR count). The van der Waals surface area contributed by atoms with Gasteiger partial charge in [0.05, 0.1) is 5.69 Å². The molecule has 7 nitrogen and oxygen atoms in total. The van der Waals surface area contributed by atoms with Crippen molar-refractivity contribution >= 4 is 27.3 Å². The number of amides is 1. The van der Waals surface area contributed by atoms with Crippen molar-refractivity contribution in [1.82, 2.24) is 9.78 Å². The summed E-state index contributed by atoms with van der Waals surface area (Å²) in [6, 6.07) is 8.55. The van der Waals surface area contributed by atoms with Gasteiger partial charge in [-0.2, -0.15) is 13.5 Å². The molecule has 0 unspecified atom stereocenters. The zero-order valence-electron chi connectivity index (χ0n) is 14.9. The van der Waals surface area contributed by atoms with E-state index in [1.807, 2.05) is 0 Å². The zero-order valence-corrected chi connectivity index (χ0v) is 15.7. The van der Waals surface area contributed by atoms with E-state index < -0.39 is 33.3 Å². The Bertz CT molecular complexity index is 1160. The molecular formula is C18H16F2N4O3S.